The number of carbonyl (C=O) groups excluding carboxylic acids is 1. The molecule has 2 atom stereocenters. The van der Waals surface area contributed by atoms with Crippen molar-refractivity contribution in [1.82, 2.24) is 5.06 Å². The van der Waals surface area contributed by atoms with Gasteiger partial charge in [-0.2, -0.15) is 0 Å². The van der Waals surface area contributed by atoms with Crippen LogP contribution in [0.2, 0.25) is 0 Å². The fraction of sp³-hybridized carbons (Fsp3) is 0.611. The predicted molar refractivity (Wildman–Crippen MR) is 84.4 cm³/mol. The first-order chi connectivity index (χ1) is 10.2. The van der Waals surface area contributed by atoms with Gasteiger partial charge in [0.25, 0.3) is 0 Å². The second-order valence-electron chi connectivity index (χ2n) is 6.03. The van der Waals surface area contributed by atoms with E-state index in [2.05, 4.69) is 19.1 Å². The minimum atomic E-state index is -0.0792. The van der Waals surface area contributed by atoms with Crippen LogP contribution in [0.15, 0.2) is 30.3 Å². The molecule has 1 aromatic rings. The smallest absolute Gasteiger partial charge is 0.329 e. The molecule has 0 saturated carbocycles. The molecule has 0 amide bonds. The third-order valence-corrected chi connectivity index (χ3v) is 4.31. The molecule has 1 saturated heterocycles. The molecular formula is C18H27NO2. The van der Waals surface area contributed by atoms with Crippen LogP contribution < -0.4 is 0 Å². The van der Waals surface area contributed by atoms with Crippen LogP contribution in [0.4, 0.5) is 0 Å². The van der Waals surface area contributed by atoms with Crippen LogP contribution in [0.25, 0.3) is 0 Å². The first-order valence-electron chi connectivity index (χ1n) is 8.24. The molecule has 2 rings (SSSR count). The lowest BCUT2D eigenvalue weighted by molar-refractivity contribution is -0.178. The monoisotopic (exact) mass is 289 g/mol. The summed E-state index contributed by atoms with van der Waals surface area (Å²) in [6.07, 6.45) is 7.35. The first kappa shape index (κ1) is 16.0. The molecule has 21 heavy (non-hydrogen) atoms. The normalized spacial score (nSPS) is 22.5. The molecule has 0 spiro atoms. The maximum Gasteiger partial charge on any atom is 0.329 e. The van der Waals surface area contributed by atoms with Crippen LogP contribution in [0.3, 0.4) is 0 Å². The van der Waals surface area contributed by atoms with Crippen molar-refractivity contribution in [2.24, 2.45) is 5.92 Å². The van der Waals surface area contributed by atoms with Gasteiger partial charge in [0.05, 0.1) is 18.5 Å². The van der Waals surface area contributed by atoms with Gasteiger partial charge in [-0.3, -0.25) is 0 Å². The lowest BCUT2D eigenvalue weighted by Crippen LogP contribution is -2.30. The fourth-order valence-electron chi connectivity index (χ4n) is 2.94. The molecule has 1 aromatic carbocycles. The third kappa shape index (κ3) is 4.57. The average Bonchev–Trinajstić information content (AvgIpc) is 2.75. The lowest BCUT2D eigenvalue weighted by atomic mass is 9.96. The Labute approximate surface area is 128 Å². The highest BCUT2D eigenvalue weighted by Crippen LogP contribution is 2.28. The molecule has 3 nitrogen and oxygen atoms in total. The lowest BCUT2D eigenvalue weighted by Gasteiger charge is -2.22. The number of nitrogens with zero attached hydrogens (tertiary/aromatic N) is 1. The molecule has 0 unspecified atom stereocenters. The van der Waals surface area contributed by atoms with Gasteiger partial charge in [-0.1, -0.05) is 76.3 Å². The summed E-state index contributed by atoms with van der Waals surface area (Å²) in [5, 5.41) is 1.89. The van der Waals surface area contributed by atoms with Crippen molar-refractivity contribution in [2.75, 3.05) is 0 Å². The molecule has 1 fully saturated rings. The van der Waals surface area contributed by atoms with E-state index in [1.54, 1.807) is 0 Å². The van der Waals surface area contributed by atoms with E-state index in [-0.39, 0.29) is 17.9 Å². The molecular weight excluding hydrogens is 262 g/mol. The van der Waals surface area contributed by atoms with Crippen molar-refractivity contribution in [3.05, 3.63) is 35.9 Å². The van der Waals surface area contributed by atoms with Gasteiger partial charge in [-0.15, -0.1) is 5.06 Å². The van der Waals surface area contributed by atoms with Crippen LogP contribution in [-0.2, 0) is 16.2 Å². The summed E-state index contributed by atoms with van der Waals surface area (Å²) >= 11 is 0. The van der Waals surface area contributed by atoms with Gasteiger partial charge in [-0.05, 0) is 12.0 Å². The average molecular weight is 289 g/mol. The maximum atomic E-state index is 11.9. The SMILES string of the molecule is CCCCCCC[C@H]1[C@H](C)C(=O)ON1Cc1ccccc1. The van der Waals surface area contributed by atoms with Crippen molar-refractivity contribution >= 4 is 5.97 Å². The van der Waals surface area contributed by atoms with E-state index in [0.29, 0.717) is 6.54 Å². The van der Waals surface area contributed by atoms with E-state index in [1.165, 1.54) is 37.7 Å². The molecule has 0 aromatic heterocycles. The van der Waals surface area contributed by atoms with E-state index in [4.69, 9.17) is 4.84 Å². The van der Waals surface area contributed by atoms with Gasteiger partial charge in [0, 0.05) is 0 Å². The molecule has 0 aliphatic carbocycles. The molecule has 116 valence electrons. The predicted octanol–water partition coefficient (Wildman–Crippen LogP) is 4.33. The standard InChI is InChI=1S/C18H27NO2/c1-3-4-5-6-10-13-17-15(2)18(20)21-19(17)14-16-11-8-7-9-12-16/h7-9,11-12,15,17H,3-6,10,13-14H2,1-2H3/t15-,17-/m0/s1. The van der Waals surface area contributed by atoms with Crippen molar-refractivity contribution < 1.29 is 9.63 Å². The highest BCUT2D eigenvalue weighted by atomic mass is 16.7. The number of rotatable bonds is 8. The number of benzene rings is 1. The Bertz CT molecular complexity index is 432. The zero-order valence-electron chi connectivity index (χ0n) is 13.3. The molecule has 0 bridgehead atoms. The number of hydroxylamine groups is 2. The second-order valence-corrected chi connectivity index (χ2v) is 6.03. The zero-order chi connectivity index (χ0) is 15.1. The molecule has 1 aliphatic rings. The van der Waals surface area contributed by atoms with Gasteiger partial charge in [0.1, 0.15) is 0 Å². The van der Waals surface area contributed by atoms with E-state index in [1.807, 2.05) is 30.2 Å². The van der Waals surface area contributed by atoms with Crippen LogP contribution in [0, 0.1) is 5.92 Å². The van der Waals surface area contributed by atoms with Gasteiger partial charge >= 0.3 is 5.97 Å². The van der Waals surface area contributed by atoms with Crippen molar-refractivity contribution in [3.8, 4) is 0 Å². The van der Waals surface area contributed by atoms with Crippen LogP contribution in [0.5, 0.6) is 0 Å². The highest BCUT2D eigenvalue weighted by molar-refractivity contribution is 5.74. The number of hydrogen-bond acceptors (Lipinski definition) is 3. The Balaban J connectivity index is 1.87. The first-order valence-corrected chi connectivity index (χ1v) is 8.24. The molecule has 3 heteroatoms. The molecule has 1 aliphatic heterocycles. The minimum Gasteiger partial charge on any atom is -0.367 e. The number of carbonyl (C=O) groups is 1. The van der Waals surface area contributed by atoms with Crippen LogP contribution >= 0.6 is 0 Å². The molecule has 1 heterocycles. The molecule has 0 N–H and O–H groups in total. The zero-order valence-corrected chi connectivity index (χ0v) is 13.3. The van der Waals surface area contributed by atoms with Gasteiger partial charge < -0.3 is 4.84 Å². The van der Waals surface area contributed by atoms with Gasteiger partial charge in [0.2, 0.25) is 0 Å². The number of hydrogen-bond donors (Lipinski definition) is 0. The third-order valence-electron chi connectivity index (χ3n) is 4.31. The largest absolute Gasteiger partial charge is 0.367 e. The summed E-state index contributed by atoms with van der Waals surface area (Å²) in [5.74, 6) is -0.0932. The summed E-state index contributed by atoms with van der Waals surface area (Å²) in [4.78, 5) is 17.3. The van der Waals surface area contributed by atoms with E-state index < -0.39 is 0 Å². The van der Waals surface area contributed by atoms with E-state index >= 15 is 0 Å². The Morgan fingerprint density at radius 2 is 1.81 bits per heavy atom. The summed E-state index contributed by atoms with van der Waals surface area (Å²) in [6.45, 7) is 4.91. The maximum absolute atomic E-state index is 11.9. The quantitative estimate of drug-likeness (QED) is 0.667. The van der Waals surface area contributed by atoms with Gasteiger partial charge in [0.15, 0.2) is 0 Å². The number of unbranched alkanes of at least 4 members (excludes halogenated alkanes) is 4. The Morgan fingerprint density at radius 3 is 2.52 bits per heavy atom. The highest BCUT2D eigenvalue weighted by Gasteiger charge is 2.39. The van der Waals surface area contributed by atoms with Crippen molar-refractivity contribution in [2.45, 2.75) is 65.0 Å². The Morgan fingerprint density at radius 1 is 1.10 bits per heavy atom. The molecule has 0 radical (unpaired) electrons. The summed E-state index contributed by atoms with van der Waals surface area (Å²) in [6, 6.07) is 10.4. The van der Waals surface area contributed by atoms with Crippen molar-refractivity contribution in [3.63, 3.8) is 0 Å². The Hall–Kier alpha value is -1.35. The van der Waals surface area contributed by atoms with Crippen LogP contribution in [0.1, 0.15) is 57.9 Å². The summed E-state index contributed by atoms with van der Waals surface area (Å²) < 4.78 is 0. The topological polar surface area (TPSA) is 29.5 Å². The fourth-order valence-corrected chi connectivity index (χ4v) is 2.94. The summed E-state index contributed by atoms with van der Waals surface area (Å²) in [5.41, 5.74) is 1.19. The van der Waals surface area contributed by atoms with Crippen LogP contribution in [-0.4, -0.2) is 17.1 Å². The second kappa shape index (κ2) is 8.18. The van der Waals surface area contributed by atoms with E-state index in [9.17, 15) is 4.79 Å². The Kier molecular flexibility index (Phi) is 6.24. The van der Waals surface area contributed by atoms with Gasteiger partial charge in [-0.25, -0.2) is 4.79 Å². The van der Waals surface area contributed by atoms with E-state index in [0.717, 1.165) is 6.42 Å². The van der Waals surface area contributed by atoms with Crippen molar-refractivity contribution in [1.29, 1.82) is 0 Å². The summed E-state index contributed by atoms with van der Waals surface area (Å²) in [7, 11) is 0. The minimum absolute atomic E-state index is 0.0140.